The number of fused-ring (bicyclic) bond motifs is 1. The third kappa shape index (κ3) is 2.02. The van der Waals surface area contributed by atoms with Crippen LogP contribution in [0.1, 0.15) is 10.4 Å². The number of H-pyrrole nitrogens is 1. The van der Waals surface area contributed by atoms with Crippen LogP contribution in [-0.4, -0.2) is 45.7 Å². The predicted molar refractivity (Wildman–Crippen MR) is 67.6 cm³/mol. The summed E-state index contributed by atoms with van der Waals surface area (Å²) in [6, 6.07) is 5.05. The van der Waals surface area contributed by atoms with E-state index < -0.39 is 0 Å². The maximum atomic E-state index is 12.0. The Kier molecular flexibility index (Phi) is 3.20. The first-order valence-electron chi connectivity index (χ1n) is 5.59. The standard InChI is InChI=1S/C12H15N3O3/c1-14(5-6-16)11(17)8-3-4-10-9(7-8)13-12(18)15(10)2/h3-4,7,16H,5-6H2,1-2H3,(H,13,18). The van der Waals surface area contributed by atoms with E-state index in [1.165, 1.54) is 9.47 Å². The Bertz CT molecular complexity index is 642. The molecule has 0 saturated carbocycles. The summed E-state index contributed by atoms with van der Waals surface area (Å²) >= 11 is 0. The summed E-state index contributed by atoms with van der Waals surface area (Å²) in [6.45, 7) is 0.203. The van der Waals surface area contributed by atoms with Crippen LogP contribution in [0.2, 0.25) is 0 Å². The van der Waals surface area contributed by atoms with Crippen molar-refractivity contribution < 1.29 is 9.90 Å². The first-order valence-corrected chi connectivity index (χ1v) is 5.59. The number of nitrogens with zero attached hydrogens (tertiary/aromatic N) is 2. The van der Waals surface area contributed by atoms with Crippen LogP contribution in [-0.2, 0) is 7.05 Å². The molecule has 6 nitrogen and oxygen atoms in total. The van der Waals surface area contributed by atoms with E-state index in [0.29, 0.717) is 11.1 Å². The van der Waals surface area contributed by atoms with E-state index in [0.717, 1.165) is 5.52 Å². The molecule has 0 saturated heterocycles. The third-order valence-electron chi connectivity index (χ3n) is 2.93. The van der Waals surface area contributed by atoms with Crippen molar-refractivity contribution in [2.75, 3.05) is 20.2 Å². The highest BCUT2D eigenvalue weighted by Crippen LogP contribution is 2.13. The lowest BCUT2D eigenvalue weighted by atomic mass is 10.2. The van der Waals surface area contributed by atoms with Crippen LogP contribution in [0, 0.1) is 0 Å². The van der Waals surface area contributed by atoms with Gasteiger partial charge >= 0.3 is 5.69 Å². The highest BCUT2D eigenvalue weighted by molar-refractivity contribution is 5.97. The monoisotopic (exact) mass is 249 g/mol. The van der Waals surface area contributed by atoms with Crippen molar-refractivity contribution >= 4 is 16.9 Å². The van der Waals surface area contributed by atoms with Gasteiger partial charge in [-0.25, -0.2) is 4.79 Å². The Hall–Kier alpha value is -2.08. The number of carbonyl (C=O) groups is 1. The first-order chi connectivity index (χ1) is 8.54. The minimum absolute atomic E-state index is 0.0767. The number of imidazole rings is 1. The lowest BCUT2D eigenvalue weighted by Crippen LogP contribution is -2.29. The van der Waals surface area contributed by atoms with Crippen molar-refractivity contribution in [1.29, 1.82) is 0 Å². The maximum absolute atomic E-state index is 12.0. The van der Waals surface area contributed by atoms with E-state index in [1.54, 1.807) is 32.3 Å². The Labute approximate surface area is 103 Å². The van der Waals surface area contributed by atoms with Gasteiger partial charge in [0.05, 0.1) is 17.6 Å². The summed E-state index contributed by atoms with van der Waals surface area (Å²) in [5.74, 6) is -0.185. The van der Waals surface area contributed by atoms with Gasteiger partial charge in [0.2, 0.25) is 0 Å². The number of benzene rings is 1. The van der Waals surface area contributed by atoms with Gasteiger partial charge in [0.1, 0.15) is 0 Å². The van der Waals surface area contributed by atoms with E-state index in [4.69, 9.17) is 5.11 Å². The van der Waals surface area contributed by atoms with Crippen LogP contribution < -0.4 is 5.69 Å². The van der Waals surface area contributed by atoms with Gasteiger partial charge in [0.25, 0.3) is 5.91 Å². The number of aliphatic hydroxyl groups is 1. The molecule has 0 unspecified atom stereocenters. The van der Waals surface area contributed by atoms with Gasteiger partial charge < -0.3 is 15.0 Å². The molecule has 1 aromatic carbocycles. The predicted octanol–water partition coefficient (Wildman–Crippen LogP) is -0.0691. The van der Waals surface area contributed by atoms with Gasteiger partial charge in [-0.3, -0.25) is 9.36 Å². The normalized spacial score (nSPS) is 10.8. The molecule has 0 radical (unpaired) electrons. The Balaban J connectivity index is 2.41. The molecule has 2 rings (SSSR count). The number of aromatic nitrogens is 2. The number of hydrogen-bond acceptors (Lipinski definition) is 3. The fraction of sp³-hybridized carbons (Fsp3) is 0.333. The molecule has 1 amide bonds. The number of aromatic amines is 1. The summed E-state index contributed by atoms with van der Waals surface area (Å²) in [4.78, 5) is 27.5. The molecule has 0 aliphatic carbocycles. The van der Waals surface area contributed by atoms with Crippen LogP contribution in [0.5, 0.6) is 0 Å². The molecule has 0 atom stereocenters. The van der Waals surface area contributed by atoms with Crippen molar-refractivity contribution in [3.8, 4) is 0 Å². The summed E-state index contributed by atoms with van der Waals surface area (Å²) in [7, 11) is 3.29. The zero-order valence-corrected chi connectivity index (χ0v) is 10.3. The SMILES string of the molecule is CN(CCO)C(=O)c1ccc2c(c1)[nH]c(=O)n2C. The molecule has 96 valence electrons. The molecular weight excluding hydrogens is 234 g/mol. The van der Waals surface area contributed by atoms with Gasteiger partial charge in [-0.05, 0) is 18.2 Å². The average molecular weight is 249 g/mol. The highest BCUT2D eigenvalue weighted by Gasteiger charge is 2.13. The van der Waals surface area contributed by atoms with Gasteiger partial charge in [0, 0.05) is 26.2 Å². The van der Waals surface area contributed by atoms with Crippen molar-refractivity contribution in [2.24, 2.45) is 7.05 Å². The van der Waals surface area contributed by atoms with Gasteiger partial charge in [0.15, 0.2) is 0 Å². The molecule has 18 heavy (non-hydrogen) atoms. The summed E-state index contributed by atoms with van der Waals surface area (Å²) in [5, 5.41) is 8.80. The second-order valence-corrected chi connectivity index (χ2v) is 4.17. The molecule has 1 heterocycles. The van der Waals surface area contributed by atoms with Crippen molar-refractivity contribution in [3.63, 3.8) is 0 Å². The fourth-order valence-corrected chi connectivity index (χ4v) is 1.84. The summed E-state index contributed by atoms with van der Waals surface area (Å²) in [6.07, 6.45) is 0. The number of aliphatic hydroxyl groups excluding tert-OH is 1. The second kappa shape index (κ2) is 4.66. The molecule has 2 N–H and O–H groups in total. The minimum atomic E-state index is -0.210. The molecule has 0 spiro atoms. The van der Waals surface area contributed by atoms with Crippen molar-refractivity contribution in [3.05, 3.63) is 34.2 Å². The van der Waals surface area contributed by atoms with Gasteiger partial charge in [-0.2, -0.15) is 0 Å². The van der Waals surface area contributed by atoms with Crippen molar-refractivity contribution in [2.45, 2.75) is 0 Å². The van der Waals surface area contributed by atoms with Crippen LogP contribution in [0.3, 0.4) is 0 Å². The zero-order valence-electron chi connectivity index (χ0n) is 10.3. The van der Waals surface area contributed by atoms with Gasteiger partial charge in [-0.1, -0.05) is 0 Å². The zero-order chi connectivity index (χ0) is 13.3. The average Bonchev–Trinajstić information content (AvgIpc) is 2.64. The van der Waals surface area contributed by atoms with Crippen molar-refractivity contribution in [1.82, 2.24) is 14.5 Å². The second-order valence-electron chi connectivity index (χ2n) is 4.17. The highest BCUT2D eigenvalue weighted by atomic mass is 16.3. The van der Waals surface area contributed by atoms with Crippen LogP contribution >= 0.6 is 0 Å². The number of likely N-dealkylation sites (N-methyl/N-ethyl adjacent to an activating group) is 1. The Morgan fingerprint density at radius 2 is 2.22 bits per heavy atom. The molecule has 1 aromatic heterocycles. The fourth-order valence-electron chi connectivity index (χ4n) is 1.84. The molecule has 2 aromatic rings. The smallest absolute Gasteiger partial charge is 0.326 e. The molecule has 0 aliphatic heterocycles. The van der Waals surface area contributed by atoms with Crippen LogP contribution in [0.15, 0.2) is 23.0 Å². The van der Waals surface area contributed by atoms with E-state index >= 15 is 0 Å². The van der Waals surface area contributed by atoms with E-state index in [-0.39, 0.29) is 24.7 Å². The molecule has 0 fully saturated rings. The maximum Gasteiger partial charge on any atom is 0.326 e. The molecule has 0 bridgehead atoms. The number of nitrogens with one attached hydrogen (secondary N) is 1. The topological polar surface area (TPSA) is 78.3 Å². The Morgan fingerprint density at radius 3 is 2.89 bits per heavy atom. The molecular formula is C12H15N3O3. The number of amides is 1. The lowest BCUT2D eigenvalue weighted by Gasteiger charge is -2.15. The largest absolute Gasteiger partial charge is 0.395 e. The molecule has 6 heteroatoms. The molecule has 0 aliphatic rings. The number of hydrogen-bond donors (Lipinski definition) is 2. The van der Waals surface area contributed by atoms with Crippen LogP contribution in [0.25, 0.3) is 11.0 Å². The Morgan fingerprint density at radius 1 is 1.50 bits per heavy atom. The first kappa shape index (κ1) is 12.4. The van der Waals surface area contributed by atoms with E-state index in [2.05, 4.69) is 4.98 Å². The lowest BCUT2D eigenvalue weighted by molar-refractivity contribution is 0.0767. The van der Waals surface area contributed by atoms with E-state index in [1.807, 2.05) is 0 Å². The quantitative estimate of drug-likeness (QED) is 0.799. The minimum Gasteiger partial charge on any atom is -0.395 e. The summed E-state index contributed by atoms with van der Waals surface area (Å²) in [5.41, 5.74) is 1.66. The van der Waals surface area contributed by atoms with E-state index in [9.17, 15) is 9.59 Å². The van der Waals surface area contributed by atoms with Crippen LogP contribution in [0.4, 0.5) is 0 Å². The number of rotatable bonds is 3. The number of aryl methyl sites for hydroxylation is 1. The summed E-state index contributed by atoms with van der Waals surface area (Å²) < 4.78 is 1.49. The van der Waals surface area contributed by atoms with Gasteiger partial charge in [-0.15, -0.1) is 0 Å². The number of carbonyl (C=O) groups excluding carboxylic acids is 1. The third-order valence-corrected chi connectivity index (χ3v) is 2.93.